The minimum Gasteiger partial charge on any atom is -0.490 e. The molecule has 1 saturated heterocycles. The maximum absolute atomic E-state index is 13.1. The Morgan fingerprint density at radius 3 is 2.53 bits per heavy atom. The van der Waals surface area contributed by atoms with E-state index in [9.17, 15) is 9.18 Å². The minimum atomic E-state index is -0.338. The highest BCUT2D eigenvalue weighted by Gasteiger charge is 2.24. The monoisotopic (exact) mass is 540 g/mol. The molecule has 0 spiro atoms. The molecule has 0 bridgehead atoms. The summed E-state index contributed by atoms with van der Waals surface area (Å²) in [4.78, 5) is 17.3. The van der Waals surface area contributed by atoms with Gasteiger partial charge in [-0.05, 0) is 95.1 Å². The highest BCUT2D eigenvalue weighted by atomic mass is 79.9. The molecular weight excluding hydrogens is 519 g/mol. The van der Waals surface area contributed by atoms with Crippen LogP contribution in [0.5, 0.6) is 11.5 Å². The fraction of sp³-hybridized carbons (Fsp3) is 0.154. The fourth-order valence-corrected chi connectivity index (χ4v) is 4.59. The summed E-state index contributed by atoms with van der Waals surface area (Å²) in [5.74, 6) is 0.598. The molecule has 5 nitrogen and oxygen atoms in total. The van der Waals surface area contributed by atoms with E-state index < -0.39 is 0 Å². The van der Waals surface area contributed by atoms with Gasteiger partial charge in [0.15, 0.2) is 16.7 Å². The number of hydrogen-bond acceptors (Lipinski definition) is 5. The standard InChI is InChI=1S/C26H22BrFN2O3S/c1-3-32-22-13-18(12-21(27)24(22)33-15-17-6-4-16(2)5-7-17)14-23-25(31)30-26(34-23)29-20-10-8-19(28)9-11-20/h4-14H,3,15H2,1-2H3,(H,29,30,31)/b23-14+. The molecule has 0 radical (unpaired) electrons. The molecular formula is C26H22BrFN2O3S. The molecule has 1 aliphatic heterocycles. The van der Waals surface area contributed by atoms with Gasteiger partial charge in [-0.1, -0.05) is 29.8 Å². The summed E-state index contributed by atoms with van der Waals surface area (Å²) in [7, 11) is 0. The Hall–Kier alpha value is -3.10. The number of halogens is 2. The van der Waals surface area contributed by atoms with Gasteiger partial charge in [0, 0.05) is 0 Å². The SMILES string of the molecule is CCOc1cc(/C=C2/SC(=Nc3ccc(F)cc3)NC2=O)cc(Br)c1OCc1ccc(C)cc1. The Morgan fingerprint density at radius 1 is 1.09 bits per heavy atom. The second-order valence-electron chi connectivity index (χ2n) is 7.50. The highest BCUT2D eigenvalue weighted by Crippen LogP contribution is 2.39. The molecule has 8 heteroatoms. The molecule has 0 unspecified atom stereocenters. The number of nitrogens with zero attached hydrogens (tertiary/aromatic N) is 1. The highest BCUT2D eigenvalue weighted by molar-refractivity contribution is 9.10. The second-order valence-corrected chi connectivity index (χ2v) is 9.38. The average Bonchev–Trinajstić information content (AvgIpc) is 3.14. The van der Waals surface area contributed by atoms with E-state index in [-0.39, 0.29) is 11.7 Å². The molecule has 3 aromatic rings. The van der Waals surface area contributed by atoms with Gasteiger partial charge in [-0.3, -0.25) is 4.79 Å². The molecule has 1 amide bonds. The van der Waals surface area contributed by atoms with E-state index in [1.54, 1.807) is 18.2 Å². The molecule has 0 atom stereocenters. The first-order valence-electron chi connectivity index (χ1n) is 10.6. The largest absolute Gasteiger partial charge is 0.490 e. The van der Waals surface area contributed by atoms with Crippen molar-refractivity contribution >= 4 is 50.5 Å². The zero-order valence-electron chi connectivity index (χ0n) is 18.6. The number of rotatable bonds is 7. The molecule has 34 heavy (non-hydrogen) atoms. The van der Waals surface area contributed by atoms with Gasteiger partial charge in [0.1, 0.15) is 12.4 Å². The van der Waals surface area contributed by atoms with Crippen molar-refractivity contribution in [3.63, 3.8) is 0 Å². The van der Waals surface area contributed by atoms with Gasteiger partial charge >= 0.3 is 0 Å². The van der Waals surface area contributed by atoms with Crippen LogP contribution < -0.4 is 14.8 Å². The smallest absolute Gasteiger partial charge is 0.264 e. The number of carbonyl (C=O) groups is 1. The summed E-state index contributed by atoms with van der Waals surface area (Å²) in [6, 6.07) is 17.6. The molecule has 3 aromatic carbocycles. The van der Waals surface area contributed by atoms with E-state index in [0.29, 0.717) is 40.5 Å². The lowest BCUT2D eigenvalue weighted by atomic mass is 10.1. The van der Waals surface area contributed by atoms with Crippen LogP contribution in [0.3, 0.4) is 0 Å². The number of benzene rings is 3. The van der Waals surface area contributed by atoms with Crippen molar-refractivity contribution in [3.05, 3.63) is 92.5 Å². The van der Waals surface area contributed by atoms with E-state index >= 15 is 0 Å². The van der Waals surface area contributed by atoms with E-state index in [0.717, 1.165) is 15.6 Å². The summed E-state index contributed by atoms with van der Waals surface area (Å²) in [5.41, 5.74) is 3.58. The van der Waals surface area contributed by atoms with Crippen LogP contribution in [0.1, 0.15) is 23.6 Å². The Kier molecular flexibility index (Phi) is 7.70. The van der Waals surface area contributed by atoms with Crippen molar-refractivity contribution in [2.45, 2.75) is 20.5 Å². The number of thioether (sulfide) groups is 1. The molecule has 174 valence electrons. The van der Waals surface area contributed by atoms with Crippen LogP contribution in [-0.4, -0.2) is 17.7 Å². The quantitative estimate of drug-likeness (QED) is 0.336. The molecule has 0 aliphatic carbocycles. The molecule has 1 N–H and O–H groups in total. The summed E-state index contributed by atoms with van der Waals surface area (Å²) in [5, 5.41) is 3.17. The maximum atomic E-state index is 13.1. The van der Waals surface area contributed by atoms with E-state index in [1.165, 1.54) is 29.5 Å². The van der Waals surface area contributed by atoms with Crippen LogP contribution in [-0.2, 0) is 11.4 Å². The molecule has 0 saturated carbocycles. The van der Waals surface area contributed by atoms with Crippen LogP contribution in [0.25, 0.3) is 6.08 Å². The Bertz CT molecular complexity index is 1260. The number of amidine groups is 1. The van der Waals surface area contributed by atoms with Gasteiger partial charge in [0.05, 0.1) is 21.7 Å². The first-order valence-corrected chi connectivity index (χ1v) is 12.2. The minimum absolute atomic E-state index is 0.250. The third-order valence-electron chi connectivity index (χ3n) is 4.84. The number of carbonyl (C=O) groups excluding carboxylic acids is 1. The van der Waals surface area contributed by atoms with Crippen LogP contribution in [0.2, 0.25) is 0 Å². The van der Waals surface area contributed by atoms with E-state index in [2.05, 4.69) is 26.2 Å². The van der Waals surface area contributed by atoms with Gasteiger partial charge in [-0.2, -0.15) is 0 Å². The van der Waals surface area contributed by atoms with Gasteiger partial charge in [-0.25, -0.2) is 9.38 Å². The zero-order chi connectivity index (χ0) is 24.1. The van der Waals surface area contributed by atoms with Gasteiger partial charge < -0.3 is 14.8 Å². The number of hydrogen-bond donors (Lipinski definition) is 1. The van der Waals surface area contributed by atoms with Crippen molar-refractivity contribution < 1.29 is 18.7 Å². The summed E-state index contributed by atoms with van der Waals surface area (Å²) >= 11 is 4.80. The first-order chi connectivity index (χ1) is 16.4. The topological polar surface area (TPSA) is 59.9 Å². The number of aryl methyl sites for hydroxylation is 1. The average molecular weight is 541 g/mol. The summed E-state index contributed by atoms with van der Waals surface area (Å²) < 4.78 is 25.7. The van der Waals surface area contributed by atoms with Crippen LogP contribution in [0.4, 0.5) is 10.1 Å². The van der Waals surface area contributed by atoms with Gasteiger partial charge in [-0.15, -0.1) is 0 Å². The first kappa shape index (κ1) is 24.0. The predicted molar refractivity (Wildman–Crippen MR) is 138 cm³/mol. The lowest BCUT2D eigenvalue weighted by Gasteiger charge is -2.15. The van der Waals surface area contributed by atoms with Crippen molar-refractivity contribution in [2.75, 3.05) is 6.61 Å². The molecule has 1 aliphatic rings. The Balaban J connectivity index is 1.54. The van der Waals surface area contributed by atoms with Crippen LogP contribution >= 0.6 is 27.7 Å². The normalized spacial score (nSPS) is 15.6. The number of nitrogens with one attached hydrogen (secondary N) is 1. The second kappa shape index (κ2) is 10.9. The predicted octanol–water partition coefficient (Wildman–Crippen LogP) is 6.77. The number of aliphatic imine (C=N–C) groups is 1. The third-order valence-corrected chi connectivity index (χ3v) is 6.34. The third kappa shape index (κ3) is 6.07. The van der Waals surface area contributed by atoms with Crippen LogP contribution in [0, 0.1) is 12.7 Å². The van der Waals surface area contributed by atoms with Gasteiger partial charge in [0.2, 0.25) is 0 Å². The molecule has 0 aromatic heterocycles. The van der Waals surface area contributed by atoms with Crippen molar-refractivity contribution in [1.82, 2.24) is 5.32 Å². The van der Waals surface area contributed by atoms with Gasteiger partial charge in [0.25, 0.3) is 5.91 Å². The molecule has 1 heterocycles. The number of amides is 1. The van der Waals surface area contributed by atoms with Crippen molar-refractivity contribution in [1.29, 1.82) is 0 Å². The number of ether oxygens (including phenoxy) is 2. The molecule has 1 fully saturated rings. The van der Waals surface area contributed by atoms with Crippen molar-refractivity contribution in [2.24, 2.45) is 4.99 Å². The maximum Gasteiger partial charge on any atom is 0.264 e. The fourth-order valence-electron chi connectivity index (χ4n) is 3.18. The summed E-state index contributed by atoms with van der Waals surface area (Å²) in [6.45, 7) is 4.82. The zero-order valence-corrected chi connectivity index (χ0v) is 21.0. The van der Waals surface area contributed by atoms with Crippen LogP contribution in [0.15, 0.2) is 75.0 Å². The molecule has 4 rings (SSSR count). The lowest BCUT2D eigenvalue weighted by molar-refractivity contribution is -0.115. The van der Waals surface area contributed by atoms with Crippen molar-refractivity contribution in [3.8, 4) is 11.5 Å². The van der Waals surface area contributed by atoms with E-state index in [4.69, 9.17) is 9.47 Å². The Labute approximate surface area is 210 Å². The van der Waals surface area contributed by atoms with E-state index in [1.807, 2.05) is 50.2 Å². The lowest BCUT2D eigenvalue weighted by Crippen LogP contribution is -2.19. The Morgan fingerprint density at radius 2 is 1.82 bits per heavy atom. The summed E-state index contributed by atoms with van der Waals surface area (Å²) in [6.07, 6.45) is 1.77.